The summed E-state index contributed by atoms with van der Waals surface area (Å²) in [6.07, 6.45) is 9.54. The zero-order chi connectivity index (χ0) is 15.6. The summed E-state index contributed by atoms with van der Waals surface area (Å²) >= 11 is 0. The molecular weight excluding hydrogens is 256 g/mol. The number of rotatable bonds is 9. The van der Waals surface area contributed by atoms with Crippen LogP contribution in [0.4, 0.5) is 8.78 Å². The third-order valence-electron chi connectivity index (χ3n) is 2.75. The van der Waals surface area contributed by atoms with Crippen LogP contribution in [0.1, 0.15) is 47.0 Å². The minimum atomic E-state index is -2.89. The largest absolute Gasteiger partial charge is 0.385 e. The quantitative estimate of drug-likeness (QED) is 0.560. The van der Waals surface area contributed by atoms with Gasteiger partial charge < -0.3 is 5.32 Å². The Labute approximate surface area is 122 Å². The van der Waals surface area contributed by atoms with Crippen molar-refractivity contribution in [3.05, 3.63) is 47.7 Å². The van der Waals surface area contributed by atoms with Gasteiger partial charge in [-0.1, -0.05) is 51.2 Å². The highest BCUT2D eigenvalue weighted by molar-refractivity contribution is 5.47. The second-order valence-corrected chi connectivity index (χ2v) is 4.81. The highest BCUT2D eigenvalue weighted by Crippen LogP contribution is 2.30. The first-order valence-corrected chi connectivity index (χ1v) is 7.23. The monoisotopic (exact) mass is 283 g/mol. The summed E-state index contributed by atoms with van der Waals surface area (Å²) in [5.41, 5.74) is 1.03. The van der Waals surface area contributed by atoms with E-state index in [0.29, 0.717) is 11.3 Å². The number of allylic oxidation sites excluding steroid dienone is 5. The van der Waals surface area contributed by atoms with Crippen molar-refractivity contribution in [2.75, 3.05) is 6.54 Å². The first-order valence-electron chi connectivity index (χ1n) is 7.23. The van der Waals surface area contributed by atoms with Crippen molar-refractivity contribution in [3.8, 4) is 0 Å². The number of hydrogen-bond donors (Lipinski definition) is 1. The molecule has 0 amide bonds. The lowest BCUT2D eigenvalue weighted by Crippen LogP contribution is -2.20. The minimum Gasteiger partial charge on any atom is -0.385 e. The van der Waals surface area contributed by atoms with Gasteiger partial charge in [0.15, 0.2) is 0 Å². The Bertz CT molecular complexity index is 384. The molecule has 0 unspecified atom stereocenters. The van der Waals surface area contributed by atoms with Crippen LogP contribution in [0.5, 0.6) is 0 Å². The van der Waals surface area contributed by atoms with Crippen LogP contribution in [-0.2, 0) is 0 Å². The van der Waals surface area contributed by atoms with Crippen molar-refractivity contribution in [1.29, 1.82) is 0 Å². The second kappa shape index (κ2) is 9.51. The maximum atomic E-state index is 13.8. The maximum absolute atomic E-state index is 13.8. The average molecular weight is 283 g/mol. The molecule has 0 atom stereocenters. The van der Waals surface area contributed by atoms with Crippen LogP contribution < -0.4 is 5.32 Å². The van der Waals surface area contributed by atoms with Gasteiger partial charge in [0, 0.05) is 30.3 Å². The van der Waals surface area contributed by atoms with Gasteiger partial charge >= 0.3 is 0 Å². The standard InChI is InChI=1S/C17H27F2N/c1-6-9-10-12-15(14(4)20-13-8-3)16(11-7-2)17(5,18)19/h7,10-12,20H,4,6,8-9,13H2,1-3,5H3/b11-7-,12-10+,16-15-. The van der Waals surface area contributed by atoms with Gasteiger partial charge in [-0.15, -0.1) is 0 Å². The molecule has 0 aliphatic rings. The Morgan fingerprint density at radius 1 is 1.20 bits per heavy atom. The molecule has 0 radical (unpaired) electrons. The fraction of sp³-hybridized carbons (Fsp3) is 0.529. The number of nitrogens with one attached hydrogen (secondary N) is 1. The molecule has 3 heteroatoms. The Hall–Kier alpha value is -1.38. The number of unbranched alkanes of at least 4 members (excludes halogenated alkanes) is 1. The van der Waals surface area contributed by atoms with Crippen molar-refractivity contribution >= 4 is 0 Å². The smallest absolute Gasteiger partial charge is 0.271 e. The first kappa shape index (κ1) is 18.6. The summed E-state index contributed by atoms with van der Waals surface area (Å²) in [6, 6.07) is 0. The number of alkyl halides is 2. The molecule has 114 valence electrons. The summed E-state index contributed by atoms with van der Waals surface area (Å²) in [7, 11) is 0. The van der Waals surface area contributed by atoms with E-state index in [-0.39, 0.29) is 5.57 Å². The van der Waals surface area contributed by atoms with Crippen LogP contribution in [0, 0.1) is 0 Å². The lowest BCUT2D eigenvalue weighted by atomic mass is 9.99. The summed E-state index contributed by atoms with van der Waals surface area (Å²) in [5, 5.41) is 3.10. The van der Waals surface area contributed by atoms with E-state index in [2.05, 4.69) is 18.8 Å². The van der Waals surface area contributed by atoms with Gasteiger partial charge in [0.05, 0.1) is 0 Å². The zero-order valence-electron chi connectivity index (χ0n) is 13.1. The third kappa shape index (κ3) is 6.69. The first-order chi connectivity index (χ1) is 9.38. The number of halogens is 2. The Morgan fingerprint density at radius 2 is 1.85 bits per heavy atom. The van der Waals surface area contributed by atoms with E-state index in [0.717, 1.165) is 32.7 Å². The zero-order valence-corrected chi connectivity index (χ0v) is 13.1. The van der Waals surface area contributed by atoms with Crippen molar-refractivity contribution in [2.45, 2.75) is 52.9 Å². The third-order valence-corrected chi connectivity index (χ3v) is 2.75. The normalized spacial score (nSPS) is 13.9. The van der Waals surface area contributed by atoms with Crippen molar-refractivity contribution in [3.63, 3.8) is 0 Å². The summed E-state index contributed by atoms with van der Waals surface area (Å²) < 4.78 is 27.6. The van der Waals surface area contributed by atoms with Crippen molar-refractivity contribution in [2.24, 2.45) is 0 Å². The molecule has 0 aliphatic heterocycles. The van der Waals surface area contributed by atoms with Gasteiger partial charge in [-0.3, -0.25) is 0 Å². The molecule has 0 aromatic carbocycles. The van der Waals surface area contributed by atoms with Gasteiger partial charge in [0.25, 0.3) is 5.92 Å². The molecule has 0 spiro atoms. The van der Waals surface area contributed by atoms with Crippen LogP contribution in [0.3, 0.4) is 0 Å². The SMILES string of the molecule is C=C(NCCC)C(/C=C/CCC)=C(/C=C\C)C(C)(F)F. The lowest BCUT2D eigenvalue weighted by Gasteiger charge is -2.19. The minimum absolute atomic E-state index is 0.000885. The second-order valence-electron chi connectivity index (χ2n) is 4.81. The average Bonchev–Trinajstić information content (AvgIpc) is 2.38. The Balaban J connectivity index is 5.59. The summed E-state index contributed by atoms with van der Waals surface area (Å²) in [4.78, 5) is 0. The van der Waals surface area contributed by atoms with Gasteiger partial charge in [-0.05, 0) is 19.8 Å². The maximum Gasteiger partial charge on any atom is 0.271 e. The molecule has 0 saturated heterocycles. The van der Waals surface area contributed by atoms with Gasteiger partial charge in [0.2, 0.25) is 0 Å². The summed E-state index contributed by atoms with van der Waals surface area (Å²) in [5.74, 6) is -2.89. The van der Waals surface area contributed by atoms with Crippen molar-refractivity contribution in [1.82, 2.24) is 5.32 Å². The van der Waals surface area contributed by atoms with Gasteiger partial charge in [-0.25, -0.2) is 8.78 Å². The van der Waals surface area contributed by atoms with E-state index >= 15 is 0 Å². The molecule has 0 rings (SSSR count). The van der Waals surface area contributed by atoms with Crippen LogP contribution in [0.2, 0.25) is 0 Å². The molecule has 0 fully saturated rings. The fourth-order valence-electron chi connectivity index (χ4n) is 1.73. The van der Waals surface area contributed by atoms with E-state index in [4.69, 9.17) is 0 Å². The van der Waals surface area contributed by atoms with E-state index in [1.807, 2.05) is 13.0 Å². The molecule has 0 aromatic heterocycles. The van der Waals surface area contributed by atoms with E-state index in [9.17, 15) is 8.78 Å². The van der Waals surface area contributed by atoms with Crippen molar-refractivity contribution < 1.29 is 8.78 Å². The van der Waals surface area contributed by atoms with E-state index < -0.39 is 5.92 Å². The molecule has 1 N–H and O–H groups in total. The van der Waals surface area contributed by atoms with Crippen LogP contribution in [-0.4, -0.2) is 12.5 Å². The molecule has 1 nitrogen and oxygen atoms in total. The van der Waals surface area contributed by atoms with E-state index in [1.54, 1.807) is 19.1 Å². The van der Waals surface area contributed by atoms with Gasteiger partial charge in [0.1, 0.15) is 0 Å². The number of hydrogen-bond acceptors (Lipinski definition) is 1. The molecule has 0 aliphatic carbocycles. The topological polar surface area (TPSA) is 12.0 Å². The van der Waals surface area contributed by atoms with Gasteiger partial charge in [-0.2, -0.15) is 0 Å². The van der Waals surface area contributed by atoms with E-state index in [1.165, 1.54) is 6.08 Å². The fourth-order valence-corrected chi connectivity index (χ4v) is 1.73. The highest BCUT2D eigenvalue weighted by Gasteiger charge is 2.28. The molecular formula is C17H27F2N. The van der Waals surface area contributed by atoms with Crippen LogP contribution in [0.25, 0.3) is 0 Å². The molecule has 0 bridgehead atoms. The Kier molecular flexibility index (Phi) is 8.86. The highest BCUT2D eigenvalue weighted by atomic mass is 19.3. The molecule has 0 saturated carbocycles. The Morgan fingerprint density at radius 3 is 2.30 bits per heavy atom. The van der Waals surface area contributed by atoms with Crippen LogP contribution >= 0.6 is 0 Å². The molecule has 0 aromatic rings. The summed E-state index contributed by atoms with van der Waals surface area (Å²) in [6.45, 7) is 11.4. The predicted octanol–water partition coefficient (Wildman–Crippen LogP) is 5.38. The lowest BCUT2D eigenvalue weighted by molar-refractivity contribution is 0.0667. The predicted molar refractivity (Wildman–Crippen MR) is 83.9 cm³/mol. The molecule has 20 heavy (non-hydrogen) atoms. The molecule has 0 heterocycles. The van der Waals surface area contributed by atoms with Crippen LogP contribution in [0.15, 0.2) is 47.7 Å².